The maximum Gasteiger partial charge on any atom is 0.405 e. The normalized spacial score (nSPS) is 13.7. The Kier molecular flexibility index (Phi) is 6.17. The van der Waals surface area contributed by atoms with Gasteiger partial charge in [0.2, 0.25) is 0 Å². The van der Waals surface area contributed by atoms with E-state index in [0.29, 0.717) is 6.42 Å². The number of nitrogens with one attached hydrogen (secondary N) is 2. The number of alkyl halides is 3. The lowest BCUT2D eigenvalue weighted by molar-refractivity contribution is -0.122. The lowest BCUT2D eigenvalue weighted by Gasteiger charge is -2.17. The Morgan fingerprint density at radius 1 is 1.38 bits per heavy atom. The van der Waals surface area contributed by atoms with Crippen LogP contribution in [-0.2, 0) is 0 Å². The molecule has 1 unspecified atom stereocenters. The molecule has 0 heterocycles. The van der Waals surface area contributed by atoms with Gasteiger partial charge in [0.15, 0.2) is 0 Å². The smallest absolute Gasteiger partial charge is 0.336 e. The maximum absolute atomic E-state index is 11.8. The summed E-state index contributed by atoms with van der Waals surface area (Å²) in [6, 6.07) is -0.945. The molecule has 7 heteroatoms. The third-order valence-corrected chi connectivity index (χ3v) is 1.84. The van der Waals surface area contributed by atoms with Crippen molar-refractivity contribution in [2.24, 2.45) is 0 Å². The Bertz CT molecular complexity index is 219. The van der Waals surface area contributed by atoms with E-state index in [1.54, 1.807) is 12.2 Å². The minimum absolute atomic E-state index is 0.157. The van der Waals surface area contributed by atoms with E-state index in [4.69, 9.17) is 0 Å². The number of hydrogen-bond donors (Lipinski definition) is 2. The summed E-state index contributed by atoms with van der Waals surface area (Å²) in [4.78, 5) is 12.9. The van der Waals surface area contributed by atoms with Crippen LogP contribution in [0.2, 0.25) is 0 Å². The summed E-state index contributed by atoms with van der Waals surface area (Å²) in [7, 11) is 3.77. The number of halogens is 3. The maximum atomic E-state index is 11.8. The Hall–Kier alpha value is -0.980. The molecule has 1 atom stereocenters. The number of urea groups is 1. The number of amides is 2. The van der Waals surface area contributed by atoms with Gasteiger partial charge in [0.1, 0.15) is 6.54 Å². The largest absolute Gasteiger partial charge is 0.405 e. The average molecular weight is 241 g/mol. The zero-order chi connectivity index (χ0) is 12.8. The first-order chi connectivity index (χ1) is 7.20. The fourth-order valence-corrected chi connectivity index (χ4v) is 0.979. The number of carbonyl (C=O) groups excluding carboxylic acids is 1. The molecule has 4 nitrogen and oxygen atoms in total. The standard InChI is InChI=1S/C9H18F3N3O/c1-7(4-5-15(2)3)14-8(16)13-6-9(10,11)12/h7H,4-6H2,1-3H3,(H2,13,14,16). The third-order valence-electron chi connectivity index (χ3n) is 1.84. The minimum atomic E-state index is -4.37. The number of carbonyl (C=O) groups is 1. The number of rotatable bonds is 5. The van der Waals surface area contributed by atoms with E-state index in [0.717, 1.165) is 6.54 Å². The molecule has 0 aliphatic rings. The fraction of sp³-hybridized carbons (Fsp3) is 0.889. The molecular weight excluding hydrogens is 223 g/mol. The molecule has 2 N–H and O–H groups in total. The van der Waals surface area contributed by atoms with Gasteiger partial charge in [-0.15, -0.1) is 0 Å². The van der Waals surface area contributed by atoms with Crippen molar-refractivity contribution in [3.63, 3.8) is 0 Å². The summed E-state index contributed by atoms with van der Waals surface area (Å²) in [5, 5.41) is 4.18. The molecule has 2 amide bonds. The number of nitrogens with zero attached hydrogens (tertiary/aromatic N) is 1. The Morgan fingerprint density at radius 2 is 1.94 bits per heavy atom. The van der Waals surface area contributed by atoms with E-state index in [-0.39, 0.29) is 6.04 Å². The molecule has 0 fully saturated rings. The second-order valence-corrected chi connectivity index (χ2v) is 3.94. The zero-order valence-corrected chi connectivity index (χ0v) is 9.69. The molecule has 0 aliphatic carbocycles. The third kappa shape index (κ3) is 9.57. The average Bonchev–Trinajstić information content (AvgIpc) is 2.10. The monoisotopic (exact) mass is 241 g/mol. The van der Waals surface area contributed by atoms with Gasteiger partial charge < -0.3 is 15.5 Å². The van der Waals surface area contributed by atoms with Crippen molar-refractivity contribution in [1.82, 2.24) is 15.5 Å². The Balaban J connectivity index is 3.70. The number of hydrogen-bond acceptors (Lipinski definition) is 2. The molecule has 0 aromatic rings. The van der Waals surface area contributed by atoms with Crippen molar-refractivity contribution in [2.45, 2.75) is 25.6 Å². The van der Waals surface area contributed by atoms with E-state index in [1.807, 2.05) is 19.0 Å². The predicted molar refractivity (Wildman–Crippen MR) is 55.2 cm³/mol. The van der Waals surface area contributed by atoms with Crippen LogP contribution >= 0.6 is 0 Å². The van der Waals surface area contributed by atoms with Crippen molar-refractivity contribution >= 4 is 6.03 Å². The van der Waals surface area contributed by atoms with Crippen LogP contribution in [0.4, 0.5) is 18.0 Å². The first-order valence-electron chi connectivity index (χ1n) is 4.96. The van der Waals surface area contributed by atoms with Crippen LogP contribution in [0, 0.1) is 0 Å². The van der Waals surface area contributed by atoms with Gasteiger partial charge in [-0.25, -0.2) is 4.79 Å². The lowest BCUT2D eigenvalue weighted by Crippen LogP contribution is -2.44. The van der Waals surface area contributed by atoms with Crippen LogP contribution in [0.5, 0.6) is 0 Å². The SMILES string of the molecule is CC(CCN(C)C)NC(=O)NCC(F)(F)F. The molecule has 0 saturated heterocycles. The molecule has 0 aromatic heterocycles. The molecule has 0 aliphatic heterocycles. The van der Waals surface area contributed by atoms with Crippen LogP contribution in [-0.4, -0.2) is 50.3 Å². The first kappa shape index (κ1) is 15.0. The summed E-state index contributed by atoms with van der Waals surface area (Å²) >= 11 is 0. The zero-order valence-electron chi connectivity index (χ0n) is 9.69. The highest BCUT2D eigenvalue weighted by atomic mass is 19.4. The summed E-state index contributed by atoms with van der Waals surface area (Å²) in [5.41, 5.74) is 0. The van der Waals surface area contributed by atoms with Crippen molar-refractivity contribution in [3.05, 3.63) is 0 Å². The van der Waals surface area contributed by atoms with Gasteiger partial charge in [0.25, 0.3) is 0 Å². The van der Waals surface area contributed by atoms with Crippen molar-refractivity contribution in [1.29, 1.82) is 0 Å². The molecule has 96 valence electrons. The van der Waals surface area contributed by atoms with Gasteiger partial charge in [-0.2, -0.15) is 13.2 Å². The first-order valence-corrected chi connectivity index (χ1v) is 4.96. The van der Waals surface area contributed by atoms with E-state index in [1.165, 1.54) is 0 Å². The minimum Gasteiger partial charge on any atom is -0.336 e. The van der Waals surface area contributed by atoms with Gasteiger partial charge >= 0.3 is 12.2 Å². The second kappa shape index (κ2) is 6.57. The molecule has 0 saturated carbocycles. The second-order valence-electron chi connectivity index (χ2n) is 3.94. The topological polar surface area (TPSA) is 44.4 Å². The van der Waals surface area contributed by atoms with Crippen LogP contribution in [0.1, 0.15) is 13.3 Å². The molecule has 0 radical (unpaired) electrons. The Morgan fingerprint density at radius 3 is 2.38 bits per heavy atom. The van der Waals surface area contributed by atoms with Gasteiger partial charge in [0, 0.05) is 6.04 Å². The van der Waals surface area contributed by atoms with Gasteiger partial charge in [-0.05, 0) is 34.0 Å². The van der Waals surface area contributed by atoms with Crippen molar-refractivity contribution in [2.75, 3.05) is 27.2 Å². The highest BCUT2D eigenvalue weighted by molar-refractivity contribution is 5.74. The van der Waals surface area contributed by atoms with Gasteiger partial charge in [-0.3, -0.25) is 0 Å². The molecular formula is C9H18F3N3O. The molecule has 0 aromatic carbocycles. The van der Waals surface area contributed by atoms with Crippen LogP contribution in [0.15, 0.2) is 0 Å². The highest BCUT2D eigenvalue weighted by Gasteiger charge is 2.27. The lowest BCUT2D eigenvalue weighted by atomic mass is 10.2. The van der Waals surface area contributed by atoms with Crippen LogP contribution in [0.25, 0.3) is 0 Å². The van der Waals surface area contributed by atoms with E-state index >= 15 is 0 Å². The Labute approximate surface area is 93.2 Å². The van der Waals surface area contributed by atoms with E-state index in [2.05, 4.69) is 5.32 Å². The van der Waals surface area contributed by atoms with Gasteiger partial charge in [-0.1, -0.05) is 0 Å². The molecule has 16 heavy (non-hydrogen) atoms. The van der Waals surface area contributed by atoms with Crippen LogP contribution < -0.4 is 10.6 Å². The molecule has 0 bridgehead atoms. The summed E-state index contributed by atoms with van der Waals surface area (Å²) in [6.45, 7) is 1.20. The van der Waals surface area contributed by atoms with Crippen molar-refractivity contribution < 1.29 is 18.0 Å². The van der Waals surface area contributed by atoms with Gasteiger partial charge in [0.05, 0.1) is 0 Å². The van der Waals surface area contributed by atoms with E-state index < -0.39 is 18.8 Å². The fourth-order valence-electron chi connectivity index (χ4n) is 0.979. The van der Waals surface area contributed by atoms with E-state index in [9.17, 15) is 18.0 Å². The molecule has 0 rings (SSSR count). The predicted octanol–water partition coefficient (Wildman–Crippen LogP) is 1.19. The summed E-state index contributed by atoms with van der Waals surface area (Å²) in [6.07, 6.45) is -3.68. The van der Waals surface area contributed by atoms with Crippen LogP contribution in [0.3, 0.4) is 0 Å². The summed E-state index contributed by atoms with van der Waals surface area (Å²) in [5.74, 6) is 0. The summed E-state index contributed by atoms with van der Waals surface area (Å²) < 4.78 is 35.3. The molecule has 0 spiro atoms. The quantitative estimate of drug-likeness (QED) is 0.759. The van der Waals surface area contributed by atoms with Crippen molar-refractivity contribution in [3.8, 4) is 0 Å². The highest BCUT2D eigenvalue weighted by Crippen LogP contribution is 2.11.